The van der Waals surface area contributed by atoms with Gasteiger partial charge in [-0.05, 0) is 42.3 Å². The lowest BCUT2D eigenvalue weighted by Crippen LogP contribution is -2.35. The summed E-state index contributed by atoms with van der Waals surface area (Å²) in [7, 11) is 3.54. The number of halogens is 1. The van der Waals surface area contributed by atoms with Crippen LogP contribution in [0.15, 0.2) is 52.2 Å². The molecule has 1 amide bonds. The van der Waals surface area contributed by atoms with E-state index < -0.39 is 0 Å². The normalized spacial score (nSPS) is 12.4. The molecular weight excluding hydrogens is 396 g/mol. The molecule has 2 heterocycles. The Kier molecular flexibility index (Phi) is 6.46. The molecule has 3 rings (SSSR count). The van der Waals surface area contributed by atoms with Crippen molar-refractivity contribution in [3.63, 3.8) is 0 Å². The van der Waals surface area contributed by atoms with Crippen molar-refractivity contribution in [3.05, 3.63) is 53.4 Å². The molecule has 0 N–H and O–H groups in total. The summed E-state index contributed by atoms with van der Waals surface area (Å²) >= 11 is 7.45. The van der Waals surface area contributed by atoms with Crippen LogP contribution in [0.2, 0.25) is 5.02 Å². The van der Waals surface area contributed by atoms with Crippen molar-refractivity contribution in [3.8, 4) is 11.4 Å². The Balaban J connectivity index is 2.00. The molecule has 1 atom stereocenters. The van der Waals surface area contributed by atoms with Crippen LogP contribution in [0.25, 0.3) is 11.4 Å². The molecule has 0 aliphatic heterocycles. The van der Waals surface area contributed by atoms with Crippen molar-refractivity contribution in [2.24, 2.45) is 5.92 Å². The molecule has 0 bridgehead atoms. The average Bonchev–Trinajstić information content (AvgIpc) is 3.30. The summed E-state index contributed by atoms with van der Waals surface area (Å²) in [6.07, 6.45) is 1.64. The highest BCUT2D eigenvalue weighted by molar-refractivity contribution is 8.00. The fourth-order valence-corrected chi connectivity index (χ4v) is 4.03. The van der Waals surface area contributed by atoms with Crippen LogP contribution in [0.1, 0.15) is 19.6 Å². The van der Waals surface area contributed by atoms with Gasteiger partial charge in [-0.2, -0.15) is 0 Å². The second kappa shape index (κ2) is 8.84. The molecule has 3 aromatic rings. The molecular formula is C20H23ClN4O2S. The number of amides is 1. The van der Waals surface area contributed by atoms with E-state index in [0.29, 0.717) is 22.5 Å². The first-order valence-electron chi connectivity index (χ1n) is 8.96. The van der Waals surface area contributed by atoms with Crippen molar-refractivity contribution in [1.29, 1.82) is 0 Å². The number of carbonyl (C=O) groups is 1. The third-order valence-electron chi connectivity index (χ3n) is 4.24. The van der Waals surface area contributed by atoms with Gasteiger partial charge in [-0.25, -0.2) is 0 Å². The van der Waals surface area contributed by atoms with Gasteiger partial charge in [0.1, 0.15) is 5.76 Å². The minimum atomic E-state index is -0.257. The summed E-state index contributed by atoms with van der Waals surface area (Å²) in [5.74, 6) is 1.69. The van der Waals surface area contributed by atoms with Crippen LogP contribution >= 0.6 is 23.4 Å². The molecule has 0 aliphatic rings. The van der Waals surface area contributed by atoms with E-state index in [1.54, 1.807) is 25.3 Å². The number of benzene rings is 1. The largest absolute Gasteiger partial charge is 0.467 e. The second-order valence-electron chi connectivity index (χ2n) is 6.99. The highest BCUT2D eigenvalue weighted by Gasteiger charge is 2.28. The lowest BCUT2D eigenvalue weighted by molar-refractivity contribution is -0.128. The fraction of sp³-hybridized carbons (Fsp3) is 0.350. The van der Waals surface area contributed by atoms with E-state index in [1.807, 2.05) is 54.8 Å². The first-order chi connectivity index (χ1) is 13.4. The molecule has 6 nitrogen and oxygen atoms in total. The highest BCUT2D eigenvalue weighted by atomic mass is 35.5. The Bertz CT molecular complexity index is 920. The summed E-state index contributed by atoms with van der Waals surface area (Å²) in [6.45, 7) is 4.54. The zero-order chi connectivity index (χ0) is 20.3. The highest BCUT2D eigenvalue weighted by Crippen LogP contribution is 2.32. The quantitative estimate of drug-likeness (QED) is 0.530. The Hall–Kier alpha value is -2.25. The van der Waals surface area contributed by atoms with Gasteiger partial charge in [-0.3, -0.25) is 9.36 Å². The van der Waals surface area contributed by atoms with E-state index >= 15 is 0 Å². The lowest BCUT2D eigenvalue weighted by Gasteiger charge is -2.22. The van der Waals surface area contributed by atoms with Gasteiger partial charge in [0.05, 0.1) is 18.1 Å². The van der Waals surface area contributed by atoms with Crippen molar-refractivity contribution in [2.75, 3.05) is 14.1 Å². The second-order valence-corrected chi connectivity index (χ2v) is 8.54. The van der Waals surface area contributed by atoms with E-state index in [0.717, 1.165) is 11.3 Å². The number of thioether (sulfide) groups is 1. The topological polar surface area (TPSA) is 64.2 Å². The number of aromatic nitrogens is 3. The predicted octanol–water partition coefficient (Wildman–Crippen LogP) is 4.44. The molecule has 0 spiro atoms. The molecule has 0 saturated carbocycles. The van der Waals surface area contributed by atoms with Crippen LogP contribution in [0.5, 0.6) is 0 Å². The van der Waals surface area contributed by atoms with Gasteiger partial charge in [0.2, 0.25) is 5.91 Å². The van der Waals surface area contributed by atoms with Crippen LogP contribution in [-0.2, 0) is 11.3 Å². The Labute approximate surface area is 173 Å². The van der Waals surface area contributed by atoms with Gasteiger partial charge in [0.25, 0.3) is 0 Å². The third-order valence-corrected chi connectivity index (χ3v) is 6.00. The Morgan fingerprint density at radius 2 is 1.93 bits per heavy atom. The monoisotopic (exact) mass is 418 g/mol. The number of carbonyl (C=O) groups excluding carboxylic acids is 1. The van der Waals surface area contributed by atoms with E-state index in [2.05, 4.69) is 10.2 Å². The average molecular weight is 419 g/mol. The zero-order valence-corrected chi connectivity index (χ0v) is 17.9. The molecule has 8 heteroatoms. The van der Waals surface area contributed by atoms with Gasteiger partial charge in [-0.1, -0.05) is 37.2 Å². The van der Waals surface area contributed by atoms with E-state index in [4.69, 9.17) is 16.0 Å². The van der Waals surface area contributed by atoms with Crippen LogP contribution < -0.4 is 0 Å². The summed E-state index contributed by atoms with van der Waals surface area (Å²) in [5.41, 5.74) is 0.898. The zero-order valence-electron chi connectivity index (χ0n) is 16.3. The number of hydrogen-bond donors (Lipinski definition) is 0. The van der Waals surface area contributed by atoms with Gasteiger partial charge >= 0.3 is 0 Å². The van der Waals surface area contributed by atoms with Crippen molar-refractivity contribution < 1.29 is 9.21 Å². The number of hydrogen-bond acceptors (Lipinski definition) is 5. The van der Waals surface area contributed by atoms with Gasteiger partial charge in [0, 0.05) is 24.7 Å². The first-order valence-corrected chi connectivity index (χ1v) is 10.2. The minimum absolute atomic E-state index is 0.0561. The molecule has 1 aromatic carbocycles. The third kappa shape index (κ3) is 4.59. The molecule has 0 fully saturated rings. The molecule has 28 heavy (non-hydrogen) atoms. The van der Waals surface area contributed by atoms with Crippen LogP contribution in [0, 0.1) is 5.92 Å². The SMILES string of the molecule is CC(C)C(Sc1nnc(-c2ccc(Cl)cc2)n1Cc1ccco1)C(=O)N(C)C. The first kappa shape index (κ1) is 20.5. The van der Waals surface area contributed by atoms with Crippen molar-refractivity contribution in [1.82, 2.24) is 19.7 Å². The lowest BCUT2D eigenvalue weighted by atomic mass is 10.1. The summed E-state index contributed by atoms with van der Waals surface area (Å²) in [6, 6.07) is 11.2. The van der Waals surface area contributed by atoms with E-state index in [-0.39, 0.29) is 17.1 Å². The molecule has 0 saturated heterocycles. The number of rotatable bonds is 7. The van der Waals surface area contributed by atoms with Gasteiger partial charge in [-0.15, -0.1) is 10.2 Å². The summed E-state index contributed by atoms with van der Waals surface area (Å²) in [4.78, 5) is 14.3. The van der Waals surface area contributed by atoms with Crippen molar-refractivity contribution in [2.45, 2.75) is 30.8 Å². The van der Waals surface area contributed by atoms with Crippen LogP contribution in [0.4, 0.5) is 0 Å². The Morgan fingerprint density at radius 1 is 1.21 bits per heavy atom. The molecule has 148 valence electrons. The minimum Gasteiger partial charge on any atom is -0.467 e. The standard InChI is InChI=1S/C20H23ClN4O2S/c1-13(2)17(19(26)24(3)4)28-20-23-22-18(14-7-9-15(21)10-8-14)25(20)12-16-6-5-11-27-16/h5-11,13,17H,12H2,1-4H3. The number of furan rings is 1. The maximum absolute atomic E-state index is 12.6. The van der Waals surface area contributed by atoms with Gasteiger partial charge in [0.15, 0.2) is 11.0 Å². The summed E-state index contributed by atoms with van der Waals surface area (Å²) in [5, 5.41) is 9.86. The van der Waals surface area contributed by atoms with Gasteiger partial charge < -0.3 is 9.32 Å². The van der Waals surface area contributed by atoms with Crippen LogP contribution in [0.3, 0.4) is 0 Å². The molecule has 1 unspecified atom stereocenters. The van der Waals surface area contributed by atoms with Crippen LogP contribution in [-0.4, -0.2) is 44.9 Å². The summed E-state index contributed by atoms with van der Waals surface area (Å²) < 4.78 is 7.51. The molecule has 2 aromatic heterocycles. The van der Waals surface area contributed by atoms with Crippen molar-refractivity contribution >= 4 is 29.3 Å². The van der Waals surface area contributed by atoms with E-state index in [1.165, 1.54) is 11.8 Å². The maximum atomic E-state index is 12.6. The smallest absolute Gasteiger partial charge is 0.235 e. The number of nitrogens with zero attached hydrogens (tertiary/aromatic N) is 4. The fourth-order valence-electron chi connectivity index (χ4n) is 2.73. The Morgan fingerprint density at radius 3 is 2.50 bits per heavy atom. The van der Waals surface area contributed by atoms with E-state index in [9.17, 15) is 4.79 Å². The molecule has 0 radical (unpaired) electrons. The molecule has 0 aliphatic carbocycles. The predicted molar refractivity (Wildman–Crippen MR) is 111 cm³/mol. The maximum Gasteiger partial charge on any atom is 0.235 e.